The van der Waals surface area contributed by atoms with Crippen LogP contribution in [0.2, 0.25) is 0 Å². The van der Waals surface area contributed by atoms with E-state index in [-0.39, 0.29) is 12.2 Å². The molecule has 0 aliphatic heterocycles. The summed E-state index contributed by atoms with van der Waals surface area (Å²) < 4.78 is 5.30. The molecule has 1 rings (SSSR count). The van der Waals surface area contributed by atoms with E-state index in [1.54, 1.807) is 0 Å². The molecule has 0 saturated heterocycles. The van der Waals surface area contributed by atoms with Crippen LogP contribution in [-0.2, 0) is 4.74 Å². The smallest absolute Gasteiger partial charge is 0.0897 e. The summed E-state index contributed by atoms with van der Waals surface area (Å²) in [6.45, 7) is 6.08. The van der Waals surface area contributed by atoms with Gasteiger partial charge < -0.3 is 15.2 Å². The van der Waals surface area contributed by atoms with Crippen molar-refractivity contribution in [1.82, 2.24) is 5.32 Å². The van der Waals surface area contributed by atoms with E-state index in [2.05, 4.69) is 5.32 Å². The zero-order valence-electron chi connectivity index (χ0n) is 9.33. The van der Waals surface area contributed by atoms with Gasteiger partial charge >= 0.3 is 0 Å². The van der Waals surface area contributed by atoms with Crippen LogP contribution in [0.3, 0.4) is 0 Å². The molecule has 14 heavy (non-hydrogen) atoms. The molecule has 3 nitrogen and oxygen atoms in total. The molecule has 0 spiro atoms. The third-order valence-electron chi connectivity index (χ3n) is 2.43. The minimum absolute atomic E-state index is 0.205. The van der Waals surface area contributed by atoms with Crippen LogP contribution in [0.4, 0.5) is 0 Å². The number of nitrogens with one attached hydrogen (secondary N) is 1. The fourth-order valence-corrected chi connectivity index (χ4v) is 1.34. The average molecular weight is 201 g/mol. The van der Waals surface area contributed by atoms with Crippen molar-refractivity contribution in [3.05, 3.63) is 0 Å². The highest BCUT2D eigenvalue weighted by atomic mass is 16.5. The maximum Gasteiger partial charge on any atom is 0.0897 e. The van der Waals surface area contributed by atoms with Gasteiger partial charge in [0.25, 0.3) is 0 Å². The lowest BCUT2D eigenvalue weighted by atomic mass is 10.3. The molecule has 1 atom stereocenters. The summed E-state index contributed by atoms with van der Waals surface area (Å²) in [5.74, 6) is 0.964. The molecular formula is C11H23NO2. The Morgan fingerprint density at radius 1 is 1.43 bits per heavy atom. The van der Waals surface area contributed by atoms with E-state index in [4.69, 9.17) is 4.74 Å². The van der Waals surface area contributed by atoms with E-state index in [1.165, 1.54) is 19.3 Å². The molecule has 1 aliphatic carbocycles. The Morgan fingerprint density at radius 2 is 2.14 bits per heavy atom. The van der Waals surface area contributed by atoms with Crippen molar-refractivity contribution in [1.29, 1.82) is 0 Å². The molecule has 0 amide bonds. The first-order valence-electron chi connectivity index (χ1n) is 5.69. The molecule has 2 N–H and O–H groups in total. The summed E-state index contributed by atoms with van der Waals surface area (Å²) >= 11 is 0. The molecule has 0 radical (unpaired) electrons. The number of ether oxygens (including phenoxy) is 1. The second-order valence-corrected chi connectivity index (χ2v) is 4.47. The number of aliphatic hydroxyl groups excluding tert-OH is 1. The van der Waals surface area contributed by atoms with Gasteiger partial charge in [0, 0.05) is 6.54 Å². The summed E-state index contributed by atoms with van der Waals surface area (Å²) in [6.07, 6.45) is 3.91. The molecule has 0 heterocycles. The van der Waals surface area contributed by atoms with Crippen LogP contribution in [0, 0.1) is 5.92 Å². The van der Waals surface area contributed by atoms with Gasteiger partial charge in [0.05, 0.1) is 18.8 Å². The fraction of sp³-hybridized carbons (Fsp3) is 1.00. The van der Waals surface area contributed by atoms with Gasteiger partial charge in [-0.2, -0.15) is 0 Å². The second-order valence-electron chi connectivity index (χ2n) is 4.47. The lowest BCUT2D eigenvalue weighted by Crippen LogP contribution is -2.31. The van der Waals surface area contributed by atoms with Crippen molar-refractivity contribution in [2.24, 2.45) is 5.92 Å². The van der Waals surface area contributed by atoms with Crippen LogP contribution < -0.4 is 5.32 Å². The molecule has 1 saturated carbocycles. The summed E-state index contributed by atoms with van der Waals surface area (Å²) in [4.78, 5) is 0. The molecular weight excluding hydrogens is 178 g/mol. The van der Waals surface area contributed by atoms with Gasteiger partial charge in [-0.25, -0.2) is 0 Å². The predicted octanol–water partition coefficient (Wildman–Crippen LogP) is 1.16. The fourth-order valence-electron chi connectivity index (χ4n) is 1.34. The van der Waals surface area contributed by atoms with Crippen molar-refractivity contribution >= 4 is 0 Å². The van der Waals surface area contributed by atoms with Crippen molar-refractivity contribution in [2.45, 2.75) is 45.3 Å². The summed E-state index contributed by atoms with van der Waals surface area (Å²) in [5.41, 5.74) is 0. The van der Waals surface area contributed by atoms with E-state index >= 15 is 0 Å². The van der Waals surface area contributed by atoms with E-state index in [0.29, 0.717) is 13.2 Å². The van der Waals surface area contributed by atoms with Crippen LogP contribution in [0.1, 0.15) is 33.1 Å². The van der Waals surface area contributed by atoms with Gasteiger partial charge in [-0.3, -0.25) is 0 Å². The largest absolute Gasteiger partial charge is 0.389 e. The Kier molecular flexibility index (Phi) is 5.45. The normalized spacial score (nSPS) is 18.9. The van der Waals surface area contributed by atoms with E-state index in [9.17, 15) is 5.11 Å². The minimum atomic E-state index is -0.364. The first-order valence-corrected chi connectivity index (χ1v) is 5.69. The third kappa shape index (κ3) is 6.35. The monoisotopic (exact) mass is 201 g/mol. The third-order valence-corrected chi connectivity index (χ3v) is 2.43. The van der Waals surface area contributed by atoms with E-state index < -0.39 is 0 Å². The van der Waals surface area contributed by atoms with Crippen LogP contribution in [-0.4, -0.2) is 37.0 Å². The molecule has 0 aromatic rings. The van der Waals surface area contributed by atoms with Crippen LogP contribution in [0.15, 0.2) is 0 Å². The highest BCUT2D eigenvalue weighted by Crippen LogP contribution is 2.31. The first kappa shape index (κ1) is 12.0. The Hall–Kier alpha value is -0.120. The lowest BCUT2D eigenvalue weighted by molar-refractivity contribution is 0.00644. The van der Waals surface area contributed by atoms with E-state index in [1.807, 2.05) is 13.8 Å². The maximum atomic E-state index is 9.49. The molecule has 0 aromatic carbocycles. The quantitative estimate of drug-likeness (QED) is 0.579. The summed E-state index contributed by atoms with van der Waals surface area (Å²) in [5, 5.41) is 12.7. The molecule has 0 bridgehead atoms. The molecule has 1 aliphatic rings. The number of aliphatic hydroxyl groups is 1. The zero-order chi connectivity index (χ0) is 10.4. The van der Waals surface area contributed by atoms with Crippen LogP contribution in [0.5, 0.6) is 0 Å². The number of hydrogen-bond acceptors (Lipinski definition) is 3. The van der Waals surface area contributed by atoms with E-state index in [0.717, 1.165) is 12.5 Å². The summed E-state index contributed by atoms with van der Waals surface area (Å²) in [6, 6.07) is 0. The van der Waals surface area contributed by atoms with Gasteiger partial charge in [0.15, 0.2) is 0 Å². The standard InChI is InChI=1S/C11H23NO2/c1-9(2)14-8-11(13)7-12-6-5-10-3-4-10/h9-13H,3-8H2,1-2H3. The zero-order valence-corrected chi connectivity index (χ0v) is 9.33. The topological polar surface area (TPSA) is 41.5 Å². The van der Waals surface area contributed by atoms with Crippen molar-refractivity contribution < 1.29 is 9.84 Å². The Morgan fingerprint density at radius 3 is 2.71 bits per heavy atom. The Labute approximate surface area is 86.8 Å². The molecule has 1 fully saturated rings. The SMILES string of the molecule is CC(C)OCC(O)CNCCC1CC1. The van der Waals surface area contributed by atoms with Crippen LogP contribution >= 0.6 is 0 Å². The highest BCUT2D eigenvalue weighted by Gasteiger charge is 2.20. The summed E-state index contributed by atoms with van der Waals surface area (Å²) in [7, 11) is 0. The van der Waals surface area contributed by atoms with Gasteiger partial charge in [0.1, 0.15) is 0 Å². The van der Waals surface area contributed by atoms with Gasteiger partial charge in [0.2, 0.25) is 0 Å². The Balaban J connectivity index is 1.83. The molecule has 0 aromatic heterocycles. The predicted molar refractivity (Wildman–Crippen MR) is 57.3 cm³/mol. The highest BCUT2D eigenvalue weighted by molar-refractivity contribution is 4.74. The van der Waals surface area contributed by atoms with Gasteiger partial charge in [-0.1, -0.05) is 12.8 Å². The van der Waals surface area contributed by atoms with Crippen molar-refractivity contribution in [3.63, 3.8) is 0 Å². The van der Waals surface area contributed by atoms with Gasteiger partial charge in [-0.15, -0.1) is 0 Å². The average Bonchev–Trinajstić information content (AvgIpc) is 2.92. The molecule has 1 unspecified atom stereocenters. The molecule has 84 valence electrons. The lowest BCUT2D eigenvalue weighted by Gasteiger charge is -2.14. The second kappa shape index (κ2) is 6.38. The molecule has 3 heteroatoms. The number of rotatable bonds is 8. The van der Waals surface area contributed by atoms with Crippen LogP contribution in [0.25, 0.3) is 0 Å². The van der Waals surface area contributed by atoms with Gasteiger partial charge in [-0.05, 0) is 32.7 Å². The van der Waals surface area contributed by atoms with Crippen molar-refractivity contribution in [2.75, 3.05) is 19.7 Å². The minimum Gasteiger partial charge on any atom is -0.389 e. The van der Waals surface area contributed by atoms with Crippen molar-refractivity contribution in [3.8, 4) is 0 Å². The number of hydrogen-bond donors (Lipinski definition) is 2. The first-order chi connectivity index (χ1) is 6.68. The Bertz CT molecular complexity index is 146. The maximum absolute atomic E-state index is 9.49.